The van der Waals surface area contributed by atoms with Crippen LogP contribution in [0.4, 0.5) is 5.82 Å². The second kappa shape index (κ2) is 6.07. The van der Waals surface area contributed by atoms with Gasteiger partial charge in [-0.25, -0.2) is 0 Å². The molecule has 0 unspecified atom stereocenters. The number of H-pyrrole nitrogens is 1. The smallest absolute Gasteiger partial charge is 0.145 e. The number of nitrogens with zero attached hydrogens (tertiary/aromatic N) is 2. The first-order valence-electron chi connectivity index (χ1n) is 7.01. The molecule has 1 aliphatic heterocycles. The van der Waals surface area contributed by atoms with Crippen LogP contribution in [-0.4, -0.2) is 47.9 Å². The number of aromatic nitrogens is 2. The molecular weight excluding hydrogens is 252 g/mol. The fourth-order valence-electron chi connectivity index (χ4n) is 2.45. The molecule has 20 heavy (non-hydrogen) atoms. The van der Waals surface area contributed by atoms with Crippen LogP contribution in [0.25, 0.3) is 11.3 Å². The molecule has 0 bridgehead atoms. The van der Waals surface area contributed by atoms with Crippen molar-refractivity contribution in [2.75, 3.05) is 38.6 Å². The molecule has 106 valence electrons. The number of hydrogen-bond donors (Lipinski definition) is 2. The molecular formula is C15H20N4O. The fourth-order valence-corrected chi connectivity index (χ4v) is 2.45. The van der Waals surface area contributed by atoms with Gasteiger partial charge in [-0.3, -0.25) is 10.00 Å². The Kier molecular flexibility index (Phi) is 3.99. The van der Waals surface area contributed by atoms with E-state index < -0.39 is 0 Å². The van der Waals surface area contributed by atoms with E-state index in [4.69, 9.17) is 10.5 Å². The summed E-state index contributed by atoms with van der Waals surface area (Å²) in [6.07, 6.45) is 1.07. The molecule has 3 N–H and O–H groups in total. The summed E-state index contributed by atoms with van der Waals surface area (Å²) in [6.45, 7) is 4.91. The van der Waals surface area contributed by atoms with Gasteiger partial charge in [-0.15, -0.1) is 0 Å². The third kappa shape index (κ3) is 3.18. The van der Waals surface area contributed by atoms with Crippen LogP contribution in [0.5, 0.6) is 0 Å². The van der Waals surface area contributed by atoms with Gasteiger partial charge in [0.15, 0.2) is 0 Å². The quantitative estimate of drug-likeness (QED) is 0.886. The van der Waals surface area contributed by atoms with Gasteiger partial charge in [0.05, 0.1) is 18.9 Å². The third-order valence-corrected chi connectivity index (χ3v) is 3.68. The van der Waals surface area contributed by atoms with Crippen LogP contribution in [0.1, 0.15) is 5.56 Å². The molecule has 3 rings (SSSR count). The summed E-state index contributed by atoms with van der Waals surface area (Å²) in [5, 5.41) is 6.87. The minimum absolute atomic E-state index is 0.524. The van der Waals surface area contributed by atoms with E-state index in [-0.39, 0.29) is 0 Å². The number of morpholine rings is 1. The molecule has 0 atom stereocenters. The molecule has 0 spiro atoms. The summed E-state index contributed by atoms with van der Waals surface area (Å²) in [7, 11) is 0. The first-order chi connectivity index (χ1) is 9.81. The van der Waals surface area contributed by atoms with Gasteiger partial charge in [0, 0.05) is 25.7 Å². The van der Waals surface area contributed by atoms with E-state index in [1.165, 1.54) is 5.56 Å². The van der Waals surface area contributed by atoms with Crippen molar-refractivity contribution < 1.29 is 4.74 Å². The molecule has 0 aliphatic carbocycles. The van der Waals surface area contributed by atoms with Crippen LogP contribution < -0.4 is 5.73 Å². The van der Waals surface area contributed by atoms with Crippen molar-refractivity contribution in [2.45, 2.75) is 6.42 Å². The van der Waals surface area contributed by atoms with Crippen LogP contribution >= 0.6 is 0 Å². The van der Waals surface area contributed by atoms with Gasteiger partial charge in [-0.1, -0.05) is 24.3 Å². The molecule has 2 heterocycles. The Morgan fingerprint density at radius 3 is 2.60 bits per heavy atom. The Hall–Kier alpha value is -1.85. The van der Waals surface area contributed by atoms with E-state index in [1.807, 2.05) is 6.07 Å². The number of ether oxygens (including phenoxy) is 1. The lowest BCUT2D eigenvalue weighted by Gasteiger charge is -2.26. The van der Waals surface area contributed by atoms with Crippen molar-refractivity contribution in [1.29, 1.82) is 0 Å². The second-order valence-electron chi connectivity index (χ2n) is 5.11. The number of anilines is 1. The maximum absolute atomic E-state index is 5.62. The summed E-state index contributed by atoms with van der Waals surface area (Å²) in [4.78, 5) is 2.45. The molecule has 2 aromatic rings. The molecule has 0 amide bonds. The molecule has 5 heteroatoms. The van der Waals surface area contributed by atoms with Crippen molar-refractivity contribution in [3.63, 3.8) is 0 Å². The number of nitrogen functional groups attached to an aromatic ring is 1. The van der Waals surface area contributed by atoms with Crippen molar-refractivity contribution in [2.24, 2.45) is 0 Å². The first kappa shape index (κ1) is 13.1. The Balaban J connectivity index is 1.58. The lowest BCUT2D eigenvalue weighted by molar-refractivity contribution is 0.0384. The Labute approximate surface area is 118 Å². The highest BCUT2D eigenvalue weighted by Gasteiger charge is 2.09. The number of hydrogen-bond acceptors (Lipinski definition) is 4. The molecule has 5 nitrogen and oxygen atoms in total. The zero-order chi connectivity index (χ0) is 13.8. The Morgan fingerprint density at radius 1 is 1.20 bits per heavy atom. The molecule has 1 aromatic heterocycles. The fraction of sp³-hybridized carbons (Fsp3) is 0.400. The van der Waals surface area contributed by atoms with Crippen molar-refractivity contribution in [3.05, 3.63) is 35.9 Å². The first-order valence-corrected chi connectivity index (χ1v) is 7.01. The average molecular weight is 272 g/mol. The lowest BCUT2D eigenvalue weighted by Crippen LogP contribution is -2.37. The number of nitrogens with one attached hydrogen (secondary N) is 1. The summed E-state index contributed by atoms with van der Waals surface area (Å²) >= 11 is 0. The summed E-state index contributed by atoms with van der Waals surface area (Å²) < 4.78 is 5.36. The van der Waals surface area contributed by atoms with Gasteiger partial charge >= 0.3 is 0 Å². The maximum Gasteiger partial charge on any atom is 0.145 e. The molecule has 1 aromatic carbocycles. The normalized spacial score (nSPS) is 16.4. The predicted octanol–water partition coefficient (Wildman–Crippen LogP) is 1.53. The van der Waals surface area contributed by atoms with Crippen LogP contribution in [0.15, 0.2) is 30.3 Å². The van der Waals surface area contributed by atoms with E-state index in [0.717, 1.165) is 50.5 Å². The topological polar surface area (TPSA) is 67.2 Å². The predicted molar refractivity (Wildman–Crippen MR) is 79.4 cm³/mol. The third-order valence-electron chi connectivity index (χ3n) is 3.68. The SMILES string of the molecule is Nc1cc(-c2ccc(CCN3CCOCC3)cc2)[nH]n1. The Morgan fingerprint density at radius 2 is 1.95 bits per heavy atom. The second-order valence-corrected chi connectivity index (χ2v) is 5.11. The van der Waals surface area contributed by atoms with Gasteiger partial charge < -0.3 is 10.5 Å². The highest BCUT2D eigenvalue weighted by atomic mass is 16.5. The largest absolute Gasteiger partial charge is 0.382 e. The molecule has 1 saturated heterocycles. The minimum atomic E-state index is 0.524. The van der Waals surface area contributed by atoms with Gasteiger partial charge in [-0.2, -0.15) is 5.10 Å². The van der Waals surface area contributed by atoms with Crippen LogP contribution in [0.3, 0.4) is 0 Å². The van der Waals surface area contributed by atoms with E-state index in [9.17, 15) is 0 Å². The van der Waals surface area contributed by atoms with E-state index in [1.54, 1.807) is 0 Å². The number of aromatic amines is 1. The lowest BCUT2D eigenvalue weighted by atomic mass is 10.1. The average Bonchev–Trinajstić information content (AvgIpc) is 2.93. The molecule has 1 fully saturated rings. The molecule has 0 radical (unpaired) electrons. The highest BCUT2D eigenvalue weighted by molar-refractivity contribution is 5.62. The summed E-state index contributed by atoms with van der Waals surface area (Å²) in [5.74, 6) is 0.524. The Bertz CT molecular complexity index is 543. The summed E-state index contributed by atoms with van der Waals surface area (Å²) in [6, 6.07) is 10.4. The molecule has 0 saturated carbocycles. The number of rotatable bonds is 4. The van der Waals surface area contributed by atoms with E-state index >= 15 is 0 Å². The standard InChI is InChI=1S/C15H20N4O/c16-15-11-14(17-18-15)13-3-1-12(2-4-13)5-6-19-7-9-20-10-8-19/h1-4,11H,5-10H2,(H3,16,17,18). The maximum atomic E-state index is 5.62. The van der Waals surface area contributed by atoms with E-state index in [0.29, 0.717) is 5.82 Å². The minimum Gasteiger partial charge on any atom is -0.382 e. The van der Waals surface area contributed by atoms with Crippen molar-refractivity contribution >= 4 is 5.82 Å². The number of benzene rings is 1. The number of nitrogens with two attached hydrogens (primary N) is 1. The summed E-state index contributed by atoms with van der Waals surface area (Å²) in [5.41, 5.74) is 9.05. The van der Waals surface area contributed by atoms with Gasteiger partial charge in [0.25, 0.3) is 0 Å². The van der Waals surface area contributed by atoms with Gasteiger partial charge in [-0.05, 0) is 17.5 Å². The van der Waals surface area contributed by atoms with Crippen LogP contribution in [0.2, 0.25) is 0 Å². The van der Waals surface area contributed by atoms with Gasteiger partial charge in [0.2, 0.25) is 0 Å². The van der Waals surface area contributed by atoms with E-state index in [2.05, 4.69) is 39.4 Å². The van der Waals surface area contributed by atoms with Crippen LogP contribution in [-0.2, 0) is 11.2 Å². The zero-order valence-electron chi connectivity index (χ0n) is 11.5. The zero-order valence-corrected chi connectivity index (χ0v) is 11.5. The highest BCUT2D eigenvalue weighted by Crippen LogP contribution is 2.19. The van der Waals surface area contributed by atoms with Gasteiger partial charge in [0.1, 0.15) is 5.82 Å². The van der Waals surface area contributed by atoms with Crippen molar-refractivity contribution in [3.8, 4) is 11.3 Å². The van der Waals surface area contributed by atoms with Crippen molar-refractivity contribution in [1.82, 2.24) is 15.1 Å². The molecule has 1 aliphatic rings. The van der Waals surface area contributed by atoms with Crippen LogP contribution in [0, 0.1) is 0 Å². The monoisotopic (exact) mass is 272 g/mol.